The lowest BCUT2D eigenvalue weighted by atomic mass is 10.3. The zero-order chi connectivity index (χ0) is 15.5. The number of nitrogens with zero attached hydrogens (tertiary/aromatic N) is 2. The second-order valence-electron chi connectivity index (χ2n) is 4.22. The molecule has 0 aliphatic heterocycles. The van der Waals surface area contributed by atoms with Gasteiger partial charge in [0.15, 0.2) is 0 Å². The van der Waals surface area contributed by atoms with E-state index in [2.05, 4.69) is 25.8 Å². The molecule has 114 valence electrons. The number of hydrogen-bond acceptors (Lipinski definition) is 4. The van der Waals surface area contributed by atoms with Gasteiger partial charge < -0.3 is 5.11 Å². The highest BCUT2D eigenvalue weighted by Gasteiger charge is 2.19. The van der Waals surface area contributed by atoms with Crippen LogP contribution in [0, 0.1) is 5.82 Å². The van der Waals surface area contributed by atoms with E-state index in [4.69, 9.17) is 5.11 Å². The van der Waals surface area contributed by atoms with Crippen LogP contribution in [0.15, 0.2) is 40.0 Å². The highest BCUT2D eigenvalue weighted by Crippen LogP contribution is 2.27. The van der Waals surface area contributed by atoms with Crippen LogP contribution in [0.4, 0.5) is 10.1 Å². The molecular weight excluding hydrogens is 365 g/mol. The van der Waals surface area contributed by atoms with Gasteiger partial charge in [-0.15, -0.1) is 0 Å². The lowest BCUT2D eigenvalue weighted by Crippen LogP contribution is -2.14. The summed E-state index contributed by atoms with van der Waals surface area (Å²) in [6, 6.07) is 4.16. The second kappa shape index (κ2) is 6.54. The predicted octanol–water partition coefficient (Wildman–Crippen LogP) is 1.97. The van der Waals surface area contributed by atoms with Crippen LogP contribution in [0.3, 0.4) is 0 Å². The average Bonchev–Trinajstić information content (AvgIpc) is 2.90. The first-order valence-electron chi connectivity index (χ1n) is 6.04. The number of halogens is 2. The largest absolute Gasteiger partial charge is 0.396 e. The molecule has 2 N–H and O–H groups in total. The summed E-state index contributed by atoms with van der Waals surface area (Å²) in [5, 5.41) is 12.6. The second-order valence-corrected chi connectivity index (χ2v) is 6.76. The van der Waals surface area contributed by atoms with E-state index in [0.29, 0.717) is 17.4 Å². The molecule has 0 saturated carbocycles. The molecule has 2 rings (SSSR count). The van der Waals surface area contributed by atoms with Gasteiger partial charge in [0.1, 0.15) is 10.7 Å². The Morgan fingerprint density at radius 1 is 1.43 bits per heavy atom. The fourth-order valence-electron chi connectivity index (χ4n) is 1.63. The third-order valence-electron chi connectivity index (χ3n) is 2.66. The molecule has 9 heteroatoms. The number of sulfonamides is 1. The van der Waals surface area contributed by atoms with Crippen LogP contribution in [-0.2, 0) is 16.6 Å². The summed E-state index contributed by atoms with van der Waals surface area (Å²) in [5.41, 5.74) is -0.152. The number of rotatable bonds is 6. The summed E-state index contributed by atoms with van der Waals surface area (Å²) < 4.78 is 41.9. The number of aryl methyl sites for hydroxylation is 1. The molecule has 0 spiro atoms. The summed E-state index contributed by atoms with van der Waals surface area (Å²) in [5.74, 6) is -0.680. The molecule has 0 unspecified atom stereocenters. The molecule has 2 aromatic rings. The number of hydrogen-bond donors (Lipinski definition) is 2. The fraction of sp³-hybridized carbons (Fsp3) is 0.250. The Hall–Kier alpha value is -1.45. The average molecular weight is 378 g/mol. The van der Waals surface area contributed by atoms with Crippen molar-refractivity contribution < 1.29 is 17.9 Å². The minimum Gasteiger partial charge on any atom is -0.396 e. The Morgan fingerprint density at radius 2 is 2.19 bits per heavy atom. The summed E-state index contributed by atoms with van der Waals surface area (Å²) in [6.07, 6.45) is 2.97. The summed E-state index contributed by atoms with van der Waals surface area (Å²) in [7, 11) is -3.93. The topological polar surface area (TPSA) is 84.2 Å². The van der Waals surface area contributed by atoms with Gasteiger partial charge in [0.25, 0.3) is 10.0 Å². The Labute approximate surface area is 129 Å². The molecule has 0 aliphatic carbocycles. The van der Waals surface area contributed by atoms with Gasteiger partial charge in [0, 0.05) is 23.8 Å². The summed E-state index contributed by atoms with van der Waals surface area (Å²) in [4.78, 5) is -0.0735. The Balaban J connectivity index is 2.24. The van der Waals surface area contributed by atoms with Gasteiger partial charge >= 0.3 is 0 Å². The Bertz CT molecular complexity index is 713. The van der Waals surface area contributed by atoms with Crippen molar-refractivity contribution in [2.24, 2.45) is 0 Å². The summed E-state index contributed by atoms with van der Waals surface area (Å²) in [6.45, 7) is 0.387. The minimum atomic E-state index is -3.93. The van der Waals surface area contributed by atoms with Crippen molar-refractivity contribution in [3.63, 3.8) is 0 Å². The third-order valence-corrected chi connectivity index (χ3v) is 4.63. The molecule has 0 amide bonds. The molecule has 21 heavy (non-hydrogen) atoms. The number of nitrogens with one attached hydrogen (secondary N) is 1. The van der Waals surface area contributed by atoms with Gasteiger partial charge in [0.2, 0.25) is 0 Å². The smallest absolute Gasteiger partial charge is 0.265 e. The number of aliphatic hydroxyl groups is 1. The predicted molar refractivity (Wildman–Crippen MR) is 78.8 cm³/mol. The van der Waals surface area contributed by atoms with Crippen molar-refractivity contribution >= 4 is 31.6 Å². The van der Waals surface area contributed by atoms with E-state index in [-0.39, 0.29) is 17.2 Å². The highest BCUT2D eigenvalue weighted by molar-refractivity contribution is 9.10. The van der Waals surface area contributed by atoms with E-state index in [1.165, 1.54) is 29.2 Å². The van der Waals surface area contributed by atoms with Crippen molar-refractivity contribution in [1.82, 2.24) is 9.78 Å². The maximum absolute atomic E-state index is 13.7. The normalized spacial score (nSPS) is 11.6. The first kappa shape index (κ1) is 15.9. The minimum absolute atomic E-state index is 0.0115. The van der Waals surface area contributed by atoms with Crippen molar-refractivity contribution in [2.45, 2.75) is 17.9 Å². The molecule has 0 bridgehead atoms. The van der Waals surface area contributed by atoms with E-state index >= 15 is 0 Å². The van der Waals surface area contributed by atoms with Crippen molar-refractivity contribution in [1.29, 1.82) is 0 Å². The van der Waals surface area contributed by atoms with Crippen LogP contribution >= 0.6 is 15.9 Å². The lowest BCUT2D eigenvalue weighted by molar-refractivity contribution is 0.277. The molecule has 0 atom stereocenters. The zero-order valence-electron chi connectivity index (χ0n) is 10.8. The molecule has 6 nitrogen and oxygen atoms in total. The number of aliphatic hydroxyl groups excluding tert-OH is 1. The fourth-order valence-corrected chi connectivity index (χ4v) is 3.24. The van der Waals surface area contributed by atoms with Crippen molar-refractivity contribution in [3.8, 4) is 0 Å². The van der Waals surface area contributed by atoms with Gasteiger partial charge in [-0.2, -0.15) is 5.10 Å². The van der Waals surface area contributed by atoms with E-state index < -0.39 is 15.8 Å². The van der Waals surface area contributed by atoms with Crippen molar-refractivity contribution in [2.75, 3.05) is 11.3 Å². The number of anilines is 1. The van der Waals surface area contributed by atoms with Crippen LogP contribution in [0.1, 0.15) is 6.42 Å². The highest BCUT2D eigenvalue weighted by atomic mass is 79.9. The lowest BCUT2D eigenvalue weighted by Gasteiger charge is -2.09. The Morgan fingerprint density at radius 3 is 2.86 bits per heavy atom. The molecule has 0 radical (unpaired) electrons. The van der Waals surface area contributed by atoms with Gasteiger partial charge in [-0.05, 0) is 34.5 Å². The van der Waals surface area contributed by atoms with Crippen LogP contribution in [0.2, 0.25) is 0 Å². The molecule has 0 aliphatic rings. The maximum Gasteiger partial charge on any atom is 0.265 e. The molecule has 1 heterocycles. The first-order chi connectivity index (χ1) is 9.94. The van der Waals surface area contributed by atoms with Crippen LogP contribution in [0.25, 0.3) is 0 Å². The number of aromatic nitrogens is 2. The molecule has 0 saturated heterocycles. The standard InChI is InChI=1S/C12H13BrFN3O3S/c13-10-3-1-4-11(14)12(10)16-21(19,20)9-7-15-17(8-9)5-2-6-18/h1,3-4,7-8,16,18H,2,5-6H2. The number of benzene rings is 1. The van der Waals surface area contributed by atoms with E-state index in [1.807, 2.05) is 0 Å². The van der Waals surface area contributed by atoms with E-state index in [1.54, 1.807) is 0 Å². The Kier molecular flexibility index (Phi) is 4.96. The maximum atomic E-state index is 13.7. The molecule has 0 fully saturated rings. The zero-order valence-corrected chi connectivity index (χ0v) is 13.2. The monoisotopic (exact) mass is 377 g/mol. The SMILES string of the molecule is O=S(=O)(Nc1c(F)cccc1Br)c1cnn(CCCO)c1. The van der Waals surface area contributed by atoms with E-state index in [9.17, 15) is 12.8 Å². The van der Waals surface area contributed by atoms with Gasteiger partial charge in [0.05, 0.1) is 11.9 Å². The van der Waals surface area contributed by atoms with Gasteiger partial charge in [-0.1, -0.05) is 6.07 Å². The first-order valence-corrected chi connectivity index (χ1v) is 8.32. The van der Waals surface area contributed by atoms with Crippen LogP contribution in [0.5, 0.6) is 0 Å². The van der Waals surface area contributed by atoms with Gasteiger partial charge in [-0.3, -0.25) is 9.40 Å². The number of para-hydroxylation sites is 1. The van der Waals surface area contributed by atoms with Gasteiger partial charge in [-0.25, -0.2) is 12.8 Å². The van der Waals surface area contributed by atoms with Crippen LogP contribution in [-0.4, -0.2) is 29.9 Å². The van der Waals surface area contributed by atoms with E-state index in [0.717, 1.165) is 6.07 Å². The molecular formula is C12H13BrFN3O3S. The molecule has 1 aromatic carbocycles. The van der Waals surface area contributed by atoms with Crippen LogP contribution < -0.4 is 4.72 Å². The van der Waals surface area contributed by atoms with Crippen molar-refractivity contribution in [3.05, 3.63) is 40.9 Å². The quantitative estimate of drug-likeness (QED) is 0.805. The third kappa shape index (κ3) is 3.80. The molecule has 1 aromatic heterocycles. The summed E-state index contributed by atoms with van der Waals surface area (Å²) >= 11 is 3.10.